The molecule has 1 aliphatic heterocycles. The first kappa shape index (κ1) is 16.4. The van der Waals surface area contributed by atoms with Crippen LogP contribution in [0.2, 0.25) is 0 Å². The zero-order chi connectivity index (χ0) is 19.9. The van der Waals surface area contributed by atoms with Gasteiger partial charge in [0, 0.05) is 28.5 Å². The number of benzene rings is 3. The number of Topliss-reactive ketones (excluding diaryl/α,β-unsaturated/α-hetero) is 1. The van der Waals surface area contributed by atoms with E-state index < -0.39 is 5.97 Å². The van der Waals surface area contributed by atoms with E-state index in [0.717, 1.165) is 21.7 Å². The molecule has 0 bridgehead atoms. The summed E-state index contributed by atoms with van der Waals surface area (Å²) in [5.74, 6) is -0.317. The van der Waals surface area contributed by atoms with Gasteiger partial charge >= 0.3 is 5.97 Å². The van der Waals surface area contributed by atoms with Gasteiger partial charge in [0.2, 0.25) is 0 Å². The predicted octanol–water partition coefficient (Wildman–Crippen LogP) is 4.48. The van der Waals surface area contributed by atoms with E-state index in [-0.39, 0.29) is 30.3 Å². The van der Waals surface area contributed by atoms with Gasteiger partial charge in [-0.3, -0.25) is 4.79 Å². The van der Waals surface area contributed by atoms with Crippen molar-refractivity contribution in [3.63, 3.8) is 0 Å². The molecule has 1 heterocycles. The molecule has 3 aliphatic rings. The molecule has 5 nitrogen and oxygen atoms in total. The highest BCUT2D eigenvalue weighted by molar-refractivity contribution is 6.23. The lowest BCUT2D eigenvalue weighted by atomic mass is 9.74. The molecule has 142 valence electrons. The minimum atomic E-state index is -0.457. The van der Waals surface area contributed by atoms with Crippen molar-refractivity contribution in [1.29, 1.82) is 0 Å². The van der Waals surface area contributed by atoms with E-state index in [1.807, 2.05) is 24.3 Å². The molecule has 0 amide bonds. The summed E-state index contributed by atoms with van der Waals surface area (Å²) < 4.78 is 5.32. The number of phenols is 1. The lowest BCUT2D eigenvalue weighted by Gasteiger charge is -2.28. The van der Waals surface area contributed by atoms with Crippen LogP contribution in [0.4, 0.5) is 0 Å². The Bertz CT molecular complexity index is 1370. The fourth-order valence-corrected chi connectivity index (χ4v) is 5.08. The molecule has 0 aromatic heterocycles. The van der Waals surface area contributed by atoms with Gasteiger partial charge in [-0.15, -0.1) is 0 Å². The average Bonchev–Trinajstić information content (AvgIpc) is 3.11. The van der Waals surface area contributed by atoms with Gasteiger partial charge in [0.1, 0.15) is 18.1 Å². The number of cyclic esters (lactones) is 1. The molecule has 3 aromatic rings. The first-order valence-electron chi connectivity index (χ1n) is 9.61. The number of aromatic hydroxyl groups is 1. The normalized spacial score (nSPS) is 17.9. The Balaban J connectivity index is 1.92. The van der Waals surface area contributed by atoms with Gasteiger partial charge in [-0.2, -0.15) is 0 Å². The Morgan fingerprint density at radius 2 is 1.72 bits per heavy atom. The van der Waals surface area contributed by atoms with E-state index in [1.54, 1.807) is 12.1 Å². The van der Waals surface area contributed by atoms with Gasteiger partial charge in [0.25, 0.3) is 0 Å². The first-order chi connectivity index (χ1) is 14.1. The number of aliphatic hydroxyl groups excluding tert-OH is 1. The average molecular weight is 384 g/mol. The minimum absolute atomic E-state index is 0.0588. The summed E-state index contributed by atoms with van der Waals surface area (Å²) in [5.41, 5.74) is 3.57. The summed E-state index contributed by atoms with van der Waals surface area (Å²) >= 11 is 0. The monoisotopic (exact) mass is 384 g/mol. The van der Waals surface area contributed by atoms with Gasteiger partial charge in [-0.1, -0.05) is 24.3 Å². The van der Waals surface area contributed by atoms with E-state index in [4.69, 9.17) is 4.74 Å². The molecule has 0 saturated carbocycles. The standard InChI is InChI=1S/C24H16O5/c25-17-7-3-6-13-19(27)9-15-21-16(10-29-24(21)28)14-8-18(26)11-4-1-2-5-12(11)20(14)23(15)22(13)17/h1-2,4-5,7-8,25-26H,3,6,9-10H2. The number of hydrogen-bond acceptors (Lipinski definition) is 5. The quantitative estimate of drug-likeness (QED) is 0.441. The second-order valence-electron chi connectivity index (χ2n) is 7.73. The fraction of sp³-hybridized carbons (Fsp3) is 0.167. The Hall–Kier alpha value is -3.60. The summed E-state index contributed by atoms with van der Waals surface area (Å²) in [6.07, 6.45) is 3.01. The van der Waals surface area contributed by atoms with E-state index >= 15 is 0 Å². The van der Waals surface area contributed by atoms with Crippen LogP contribution in [0, 0.1) is 0 Å². The number of carbonyl (C=O) groups excluding carboxylic acids is 2. The number of rotatable bonds is 0. The largest absolute Gasteiger partial charge is 0.508 e. The number of ketones is 1. The molecule has 0 saturated heterocycles. The molecule has 2 aliphatic carbocycles. The maximum Gasteiger partial charge on any atom is 0.339 e. The Kier molecular flexibility index (Phi) is 3.09. The maximum atomic E-state index is 12.9. The van der Waals surface area contributed by atoms with Crippen LogP contribution in [0.15, 0.2) is 47.7 Å². The summed E-state index contributed by atoms with van der Waals surface area (Å²) in [6, 6.07) is 9.17. The third kappa shape index (κ3) is 1.99. The van der Waals surface area contributed by atoms with Crippen LogP contribution in [0.5, 0.6) is 5.75 Å². The number of hydrogen-bond donors (Lipinski definition) is 2. The van der Waals surface area contributed by atoms with E-state index in [1.165, 1.54) is 0 Å². The molecule has 0 radical (unpaired) electrons. The summed E-state index contributed by atoms with van der Waals surface area (Å²) in [6.45, 7) is 0.109. The number of esters is 1. The van der Waals surface area contributed by atoms with Crippen LogP contribution in [-0.4, -0.2) is 22.0 Å². The van der Waals surface area contributed by atoms with Gasteiger partial charge < -0.3 is 14.9 Å². The molecule has 5 heteroatoms. The number of allylic oxidation sites excluding steroid dienone is 3. The highest BCUT2D eigenvalue weighted by Crippen LogP contribution is 2.49. The molecular formula is C24H16O5. The second kappa shape index (κ2) is 5.47. The van der Waals surface area contributed by atoms with Crippen LogP contribution < -0.4 is 0 Å². The zero-order valence-electron chi connectivity index (χ0n) is 15.4. The summed E-state index contributed by atoms with van der Waals surface area (Å²) in [7, 11) is 0. The van der Waals surface area contributed by atoms with E-state index in [0.29, 0.717) is 46.1 Å². The molecule has 2 N–H and O–H groups in total. The summed E-state index contributed by atoms with van der Waals surface area (Å²) in [5, 5.41) is 24.5. The molecule has 29 heavy (non-hydrogen) atoms. The SMILES string of the molecule is O=C1Cc2c3c(c4cc(O)c5ccccc5c4c2C2=C1CCC=C2O)COC3=O. The van der Waals surface area contributed by atoms with E-state index in [2.05, 4.69) is 0 Å². The van der Waals surface area contributed by atoms with Crippen molar-refractivity contribution < 1.29 is 24.5 Å². The smallest absolute Gasteiger partial charge is 0.339 e. The van der Waals surface area contributed by atoms with Crippen molar-refractivity contribution in [2.75, 3.05) is 0 Å². The topological polar surface area (TPSA) is 83.8 Å². The first-order valence-corrected chi connectivity index (χ1v) is 9.61. The third-order valence-corrected chi connectivity index (χ3v) is 6.27. The molecule has 0 unspecified atom stereocenters. The highest BCUT2D eigenvalue weighted by Gasteiger charge is 2.38. The Morgan fingerprint density at radius 1 is 0.931 bits per heavy atom. The third-order valence-electron chi connectivity index (χ3n) is 6.27. The van der Waals surface area contributed by atoms with Gasteiger partial charge in [0.15, 0.2) is 5.78 Å². The van der Waals surface area contributed by atoms with Crippen LogP contribution in [-0.2, 0) is 22.6 Å². The molecule has 0 atom stereocenters. The highest BCUT2D eigenvalue weighted by atomic mass is 16.5. The Morgan fingerprint density at radius 3 is 2.55 bits per heavy atom. The van der Waals surface area contributed by atoms with Crippen molar-refractivity contribution in [1.82, 2.24) is 0 Å². The number of phenolic OH excluding ortho intramolecular Hbond substituents is 1. The molecule has 0 fully saturated rings. The van der Waals surface area contributed by atoms with Crippen molar-refractivity contribution >= 4 is 38.9 Å². The second-order valence-corrected chi connectivity index (χ2v) is 7.73. The fourth-order valence-electron chi connectivity index (χ4n) is 5.08. The lowest BCUT2D eigenvalue weighted by molar-refractivity contribution is -0.115. The van der Waals surface area contributed by atoms with Crippen molar-refractivity contribution in [3.8, 4) is 5.75 Å². The van der Waals surface area contributed by atoms with Crippen LogP contribution in [0.1, 0.15) is 39.9 Å². The molecule has 0 spiro atoms. The van der Waals surface area contributed by atoms with Crippen molar-refractivity contribution in [2.45, 2.75) is 25.9 Å². The number of fused-ring (bicyclic) bond motifs is 9. The van der Waals surface area contributed by atoms with Gasteiger partial charge in [0.05, 0.1) is 5.56 Å². The van der Waals surface area contributed by atoms with Crippen LogP contribution in [0.3, 0.4) is 0 Å². The maximum absolute atomic E-state index is 12.9. The molecule has 3 aromatic carbocycles. The summed E-state index contributed by atoms with van der Waals surface area (Å²) in [4.78, 5) is 25.5. The van der Waals surface area contributed by atoms with Crippen molar-refractivity contribution in [2.24, 2.45) is 0 Å². The number of aliphatic hydroxyl groups is 1. The molecular weight excluding hydrogens is 368 g/mol. The molecule has 6 rings (SSSR count). The lowest BCUT2D eigenvalue weighted by Crippen LogP contribution is -2.22. The van der Waals surface area contributed by atoms with Crippen molar-refractivity contribution in [3.05, 3.63) is 70.0 Å². The number of ether oxygens (including phenoxy) is 1. The minimum Gasteiger partial charge on any atom is -0.508 e. The zero-order valence-corrected chi connectivity index (χ0v) is 15.4. The van der Waals surface area contributed by atoms with Gasteiger partial charge in [-0.05, 0) is 52.3 Å². The predicted molar refractivity (Wildman–Crippen MR) is 108 cm³/mol. The van der Waals surface area contributed by atoms with E-state index in [9.17, 15) is 19.8 Å². The van der Waals surface area contributed by atoms with Crippen LogP contribution >= 0.6 is 0 Å². The van der Waals surface area contributed by atoms with Gasteiger partial charge in [-0.25, -0.2) is 4.79 Å². The number of carbonyl (C=O) groups is 2. The Labute approximate surface area is 165 Å². The van der Waals surface area contributed by atoms with Crippen LogP contribution in [0.25, 0.3) is 27.1 Å².